The van der Waals surface area contributed by atoms with Crippen molar-refractivity contribution in [2.75, 3.05) is 10.7 Å². The Morgan fingerprint density at radius 3 is 2.42 bits per heavy atom. The number of aromatic nitrogens is 4. The van der Waals surface area contributed by atoms with Crippen LogP contribution in [0.25, 0.3) is 11.3 Å². The topological polar surface area (TPSA) is 144 Å². The third kappa shape index (κ3) is 4.71. The highest BCUT2D eigenvalue weighted by molar-refractivity contribution is 9.10. The van der Waals surface area contributed by atoms with E-state index < -0.39 is 4.92 Å². The molecular weight excluding hydrogens is 515 g/mol. The third-order valence-electron chi connectivity index (χ3n) is 3.86. The summed E-state index contributed by atoms with van der Waals surface area (Å²) in [6, 6.07) is 9.86. The SMILES string of the molecule is O=[N+]([O-])c1cc(/C=N/Nc2nc3nonc3nc2Nc2ccc(Br)cc2)c(Cl)cc1Cl. The Hall–Kier alpha value is -3.35. The number of halogens is 3. The summed E-state index contributed by atoms with van der Waals surface area (Å²) < 4.78 is 5.57. The lowest BCUT2D eigenvalue weighted by Crippen LogP contribution is -2.03. The molecule has 156 valence electrons. The summed E-state index contributed by atoms with van der Waals surface area (Å²) >= 11 is 15.3. The average Bonchev–Trinajstić information content (AvgIpc) is 3.18. The zero-order valence-electron chi connectivity index (χ0n) is 15.1. The van der Waals surface area contributed by atoms with Gasteiger partial charge in [-0.1, -0.05) is 39.1 Å². The smallest absolute Gasteiger partial charge is 0.288 e. The lowest BCUT2D eigenvalue weighted by molar-refractivity contribution is -0.384. The van der Waals surface area contributed by atoms with Crippen molar-refractivity contribution in [2.24, 2.45) is 5.10 Å². The van der Waals surface area contributed by atoms with Gasteiger partial charge in [0.25, 0.3) is 5.69 Å². The number of hydrazone groups is 1. The van der Waals surface area contributed by atoms with Gasteiger partial charge in [0.2, 0.25) is 11.3 Å². The summed E-state index contributed by atoms with van der Waals surface area (Å²) in [7, 11) is 0. The molecule has 0 fully saturated rings. The van der Waals surface area contributed by atoms with E-state index in [-0.39, 0.29) is 38.4 Å². The molecule has 2 aromatic carbocycles. The fourth-order valence-electron chi connectivity index (χ4n) is 2.43. The van der Waals surface area contributed by atoms with E-state index in [1.807, 2.05) is 24.3 Å². The number of nitro benzene ring substituents is 1. The molecule has 0 aliphatic heterocycles. The van der Waals surface area contributed by atoms with Crippen LogP contribution in [0.2, 0.25) is 10.0 Å². The number of benzene rings is 2. The molecule has 4 aromatic rings. The standard InChI is InChI=1S/C17H9BrCl2N8O3/c18-9-1-3-10(4-2-9)22-14-15(24-17-16(23-14)26-31-27-17)25-21-7-8-5-13(28(29)30)12(20)6-11(8)19/h1-7H,(H,22,23,26)(H,24,25,27)/b21-7+. The molecule has 0 spiro atoms. The van der Waals surface area contributed by atoms with E-state index in [0.29, 0.717) is 5.82 Å². The van der Waals surface area contributed by atoms with Crippen molar-refractivity contribution in [3.8, 4) is 0 Å². The Labute approximate surface area is 191 Å². The average molecular weight is 524 g/mol. The van der Waals surface area contributed by atoms with Crippen molar-refractivity contribution in [3.05, 3.63) is 66.6 Å². The normalized spacial score (nSPS) is 11.2. The fourth-order valence-corrected chi connectivity index (χ4v) is 3.19. The van der Waals surface area contributed by atoms with E-state index in [9.17, 15) is 10.1 Å². The van der Waals surface area contributed by atoms with Gasteiger partial charge in [-0.2, -0.15) is 10.1 Å². The summed E-state index contributed by atoms with van der Waals surface area (Å²) in [5.41, 5.74) is 3.81. The Morgan fingerprint density at radius 1 is 1.06 bits per heavy atom. The summed E-state index contributed by atoms with van der Waals surface area (Å²) in [6.45, 7) is 0. The molecule has 0 saturated heterocycles. The lowest BCUT2D eigenvalue weighted by Gasteiger charge is -2.09. The van der Waals surface area contributed by atoms with Crippen LogP contribution in [0.3, 0.4) is 0 Å². The number of nitro groups is 1. The van der Waals surface area contributed by atoms with Gasteiger partial charge in [0.1, 0.15) is 5.02 Å². The van der Waals surface area contributed by atoms with Gasteiger partial charge in [-0.25, -0.2) is 9.61 Å². The van der Waals surface area contributed by atoms with Crippen LogP contribution in [0.5, 0.6) is 0 Å². The summed E-state index contributed by atoms with van der Waals surface area (Å²) in [4.78, 5) is 19.1. The highest BCUT2D eigenvalue weighted by Gasteiger charge is 2.16. The molecular formula is C17H9BrCl2N8O3. The first kappa shape index (κ1) is 20.9. The van der Waals surface area contributed by atoms with Gasteiger partial charge in [-0.05, 0) is 40.6 Å². The molecule has 0 saturated carbocycles. The van der Waals surface area contributed by atoms with Crippen LogP contribution >= 0.6 is 39.1 Å². The number of anilines is 3. The summed E-state index contributed by atoms with van der Waals surface area (Å²) in [5, 5.41) is 25.7. The molecule has 2 aromatic heterocycles. The van der Waals surface area contributed by atoms with Crippen LogP contribution in [0.15, 0.2) is 50.6 Å². The molecule has 0 unspecified atom stereocenters. The van der Waals surface area contributed by atoms with Crippen LogP contribution in [-0.4, -0.2) is 31.4 Å². The zero-order valence-corrected chi connectivity index (χ0v) is 18.2. The Morgan fingerprint density at radius 2 is 1.74 bits per heavy atom. The largest absolute Gasteiger partial charge is 0.337 e. The number of nitrogens with one attached hydrogen (secondary N) is 2. The van der Waals surface area contributed by atoms with E-state index in [2.05, 4.69) is 56.7 Å². The van der Waals surface area contributed by atoms with E-state index in [1.165, 1.54) is 18.3 Å². The monoisotopic (exact) mass is 522 g/mol. The molecule has 0 amide bonds. The van der Waals surface area contributed by atoms with Gasteiger partial charge < -0.3 is 5.32 Å². The highest BCUT2D eigenvalue weighted by Crippen LogP contribution is 2.30. The van der Waals surface area contributed by atoms with Gasteiger partial charge in [0, 0.05) is 21.8 Å². The van der Waals surface area contributed by atoms with Gasteiger partial charge in [0.05, 0.1) is 16.2 Å². The molecule has 0 aliphatic rings. The van der Waals surface area contributed by atoms with Gasteiger partial charge >= 0.3 is 0 Å². The van der Waals surface area contributed by atoms with Crippen molar-refractivity contribution >= 4 is 79.7 Å². The molecule has 31 heavy (non-hydrogen) atoms. The van der Waals surface area contributed by atoms with Crippen molar-refractivity contribution in [3.63, 3.8) is 0 Å². The van der Waals surface area contributed by atoms with Crippen LogP contribution in [0, 0.1) is 10.1 Å². The van der Waals surface area contributed by atoms with Gasteiger partial charge in [0.15, 0.2) is 11.6 Å². The Bertz CT molecular complexity index is 1310. The molecule has 2 N–H and O–H groups in total. The minimum Gasteiger partial charge on any atom is -0.337 e. The molecule has 0 radical (unpaired) electrons. The van der Waals surface area contributed by atoms with E-state index in [0.717, 1.165) is 10.2 Å². The minimum atomic E-state index is -0.610. The quantitative estimate of drug-likeness (QED) is 0.198. The fraction of sp³-hybridized carbons (Fsp3) is 0. The predicted octanol–water partition coefficient (Wildman–Crippen LogP) is 5.18. The molecule has 0 atom stereocenters. The second kappa shape index (κ2) is 8.79. The maximum absolute atomic E-state index is 11.1. The maximum Gasteiger partial charge on any atom is 0.288 e. The minimum absolute atomic E-state index is 0.0732. The number of hydrogen-bond donors (Lipinski definition) is 2. The van der Waals surface area contributed by atoms with Gasteiger partial charge in [-0.15, -0.1) is 0 Å². The van der Waals surface area contributed by atoms with Crippen molar-refractivity contribution in [2.45, 2.75) is 0 Å². The Balaban J connectivity index is 1.64. The van der Waals surface area contributed by atoms with Crippen LogP contribution < -0.4 is 10.7 Å². The molecule has 14 heteroatoms. The number of hydrogen-bond acceptors (Lipinski definition) is 10. The molecule has 2 heterocycles. The molecule has 0 aliphatic carbocycles. The second-order valence-corrected chi connectivity index (χ2v) is 7.65. The lowest BCUT2D eigenvalue weighted by atomic mass is 10.2. The van der Waals surface area contributed by atoms with E-state index in [4.69, 9.17) is 23.2 Å². The third-order valence-corrected chi connectivity index (χ3v) is 5.02. The maximum atomic E-state index is 11.1. The van der Waals surface area contributed by atoms with Crippen molar-refractivity contribution < 1.29 is 9.55 Å². The Kier molecular flexibility index (Phi) is 5.93. The van der Waals surface area contributed by atoms with Crippen molar-refractivity contribution in [1.29, 1.82) is 0 Å². The van der Waals surface area contributed by atoms with E-state index in [1.54, 1.807) is 0 Å². The van der Waals surface area contributed by atoms with Gasteiger partial charge in [-0.3, -0.25) is 15.5 Å². The molecule has 11 nitrogen and oxygen atoms in total. The van der Waals surface area contributed by atoms with Crippen LogP contribution in [0.1, 0.15) is 5.56 Å². The van der Waals surface area contributed by atoms with Crippen LogP contribution in [0.4, 0.5) is 23.0 Å². The first-order valence-electron chi connectivity index (χ1n) is 8.36. The molecule has 4 rings (SSSR count). The van der Waals surface area contributed by atoms with Crippen LogP contribution in [-0.2, 0) is 0 Å². The second-order valence-electron chi connectivity index (χ2n) is 5.92. The summed E-state index contributed by atoms with van der Waals surface area (Å²) in [6.07, 6.45) is 1.29. The number of rotatable bonds is 6. The number of nitrogens with zero attached hydrogens (tertiary/aromatic N) is 6. The van der Waals surface area contributed by atoms with Crippen molar-refractivity contribution in [1.82, 2.24) is 20.3 Å². The predicted molar refractivity (Wildman–Crippen MR) is 119 cm³/mol. The zero-order chi connectivity index (χ0) is 22.0. The first-order chi connectivity index (χ1) is 14.9. The summed E-state index contributed by atoms with van der Waals surface area (Å²) in [5.74, 6) is 0.512. The first-order valence-corrected chi connectivity index (χ1v) is 9.91. The molecule has 0 bridgehead atoms. The van der Waals surface area contributed by atoms with E-state index >= 15 is 0 Å². The highest BCUT2D eigenvalue weighted by atomic mass is 79.9. The number of fused-ring (bicyclic) bond motifs is 1.